The molecule has 0 bridgehead atoms. The van der Waals surface area contributed by atoms with Crippen molar-refractivity contribution >= 4 is 42.4 Å². The highest BCUT2D eigenvalue weighted by Crippen LogP contribution is 2.33. The molecule has 3 rings (SSSR count). The Hall–Kier alpha value is -2.35. The van der Waals surface area contributed by atoms with Crippen molar-refractivity contribution in [2.75, 3.05) is 12.3 Å². The van der Waals surface area contributed by atoms with E-state index >= 15 is 0 Å². The van der Waals surface area contributed by atoms with Crippen LogP contribution in [0.1, 0.15) is 43.0 Å². The smallest absolute Gasteiger partial charge is 0.237 e. The number of nitrogens with zero attached hydrogens (tertiary/aromatic N) is 2. The molecule has 5 N–H and O–H groups in total. The summed E-state index contributed by atoms with van der Waals surface area (Å²) in [4.78, 5) is 31.1. The summed E-state index contributed by atoms with van der Waals surface area (Å²) in [6.07, 6.45) is 1.36. The van der Waals surface area contributed by atoms with Crippen molar-refractivity contribution in [3.63, 3.8) is 0 Å². The number of carbonyl (C=O) groups is 2. The Morgan fingerprint density at radius 3 is 2.48 bits per heavy atom. The first-order valence-corrected chi connectivity index (χ1v) is 10.0. The lowest BCUT2D eigenvalue weighted by atomic mass is 9.96. The number of hydrogen-bond donors (Lipinski definition) is 3. The summed E-state index contributed by atoms with van der Waals surface area (Å²) in [6, 6.07) is 12.7. The van der Waals surface area contributed by atoms with E-state index in [1.807, 2.05) is 43.0 Å². The lowest BCUT2D eigenvalue weighted by Gasteiger charge is -2.28. The molecule has 0 radical (unpaired) electrons. The number of nitrogens with one attached hydrogen (secondary N) is 1. The van der Waals surface area contributed by atoms with Crippen LogP contribution < -0.4 is 16.8 Å². The van der Waals surface area contributed by atoms with Gasteiger partial charge in [0, 0.05) is 18.8 Å². The average Bonchev–Trinajstić information content (AvgIpc) is 3.18. The minimum atomic E-state index is -0.465. The predicted octanol–water partition coefficient (Wildman–Crippen LogP) is 2.42. The molecule has 170 valence electrons. The fourth-order valence-corrected chi connectivity index (χ4v) is 4.03. The topological polar surface area (TPSA) is 114 Å². The Balaban J connectivity index is 0.00000240. The zero-order chi connectivity index (χ0) is 21.0. The first-order chi connectivity index (χ1) is 13.9. The van der Waals surface area contributed by atoms with E-state index in [9.17, 15) is 9.59 Å². The van der Waals surface area contributed by atoms with Gasteiger partial charge in [0.15, 0.2) is 0 Å². The highest BCUT2D eigenvalue weighted by Gasteiger charge is 2.40. The second kappa shape index (κ2) is 11.9. The SMILES string of the molecule is CCc1nc(N)ccc1CNC(=O)[C@H](C)N1CC(c2ccccc2)CC1C(N)=O.Cl.Cl. The maximum Gasteiger partial charge on any atom is 0.237 e. The molecule has 2 aromatic rings. The zero-order valence-electron chi connectivity index (χ0n) is 17.8. The van der Waals surface area contributed by atoms with Gasteiger partial charge in [-0.05, 0) is 42.9 Å². The van der Waals surface area contributed by atoms with Crippen LogP contribution in [0.4, 0.5) is 5.82 Å². The van der Waals surface area contributed by atoms with Gasteiger partial charge < -0.3 is 16.8 Å². The lowest BCUT2D eigenvalue weighted by molar-refractivity contribution is -0.129. The first-order valence-electron chi connectivity index (χ1n) is 10.0. The highest BCUT2D eigenvalue weighted by atomic mass is 35.5. The van der Waals surface area contributed by atoms with Crippen LogP contribution in [-0.4, -0.2) is 40.3 Å². The molecule has 1 aliphatic heterocycles. The summed E-state index contributed by atoms with van der Waals surface area (Å²) >= 11 is 0. The van der Waals surface area contributed by atoms with Gasteiger partial charge in [0.1, 0.15) is 5.82 Å². The molecule has 0 spiro atoms. The standard InChI is InChI=1S/C22H29N5O2.2ClH/c1-3-18-16(9-10-20(23)26-18)12-25-22(29)14(2)27-13-17(11-19(27)21(24)28)15-7-5-4-6-8-15;;/h4-10,14,17,19H,3,11-13H2,1-2H3,(H2,23,26)(H2,24,28)(H,25,29);2*1H/t14-,17?,19?;;/m0../s1. The Morgan fingerprint density at radius 2 is 1.87 bits per heavy atom. The largest absolute Gasteiger partial charge is 0.384 e. The maximum atomic E-state index is 12.8. The van der Waals surface area contributed by atoms with Crippen molar-refractivity contribution in [3.05, 3.63) is 59.3 Å². The van der Waals surface area contributed by atoms with Crippen LogP contribution in [0, 0.1) is 0 Å². The first kappa shape index (κ1) is 26.7. The van der Waals surface area contributed by atoms with Crippen molar-refractivity contribution in [2.24, 2.45) is 5.73 Å². The van der Waals surface area contributed by atoms with Gasteiger partial charge in [-0.25, -0.2) is 4.98 Å². The molecule has 1 saturated heterocycles. The van der Waals surface area contributed by atoms with Crippen LogP contribution in [0.15, 0.2) is 42.5 Å². The molecule has 1 fully saturated rings. The fourth-order valence-electron chi connectivity index (χ4n) is 4.03. The molecule has 3 atom stereocenters. The minimum absolute atomic E-state index is 0. The molecule has 1 aliphatic rings. The Morgan fingerprint density at radius 1 is 1.19 bits per heavy atom. The van der Waals surface area contributed by atoms with Gasteiger partial charge in [0.05, 0.1) is 12.1 Å². The minimum Gasteiger partial charge on any atom is -0.384 e. The number of aryl methyl sites for hydroxylation is 1. The summed E-state index contributed by atoms with van der Waals surface area (Å²) in [5.41, 5.74) is 14.4. The number of nitrogen functional groups attached to an aromatic ring is 1. The molecule has 9 heteroatoms. The third-order valence-electron chi connectivity index (χ3n) is 5.69. The number of amides is 2. The third-order valence-corrected chi connectivity index (χ3v) is 5.69. The van der Waals surface area contributed by atoms with Gasteiger partial charge in [0.2, 0.25) is 11.8 Å². The number of aromatic nitrogens is 1. The van der Waals surface area contributed by atoms with E-state index in [0.717, 1.165) is 23.2 Å². The number of rotatable bonds is 7. The molecular weight excluding hydrogens is 437 g/mol. The van der Waals surface area contributed by atoms with Gasteiger partial charge in [-0.1, -0.05) is 43.3 Å². The lowest BCUT2D eigenvalue weighted by Crippen LogP contribution is -2.51. The van der Waals surface area contributed by atoms with Crippen LogP contribution in [0.5, 0.6) is 0 Å². The number of likely N-dealkylation sites (tertiary alicyclic amines) is 1. The van der Waals surface area contributed by atoms with Crippen molar-refractivity contribution in [3.8, 4) is 0 Å². The molecule has 1 aromatic heterocycles. The predicted molar refractivity (Wildman–Crippen MR) is 127 cm³/mol. The van der Waals surface area contributed by atoms with Crippen LogP contribution in [0.3, 0.4) is 0 Å². The van der Waals surface area contributed by atoms with Crippen LogP contribution in [0.2, 0.25) is 0 Å². The third kappa shape index (κ3) is 6.32. The van der Waals surface area contributed by atoms with Gasteiger partial charge in [-0.15, -0.1) is 24.8 Å². The summed E-state index contributed by atoms with van der Waals surface area (Å²) < 4.78 is 0. The molecular formula is C22H31Cl2N5O2. The maximum absolute atomic E-state index is 12.8. The van der Waals surface area contributed by atoms with E-state index in [1.54, 1.807) is 6.07 Å². The Kier molecular flexibility index (Phi) is 10.2. The molecule has 0 saturated carbocycles. The number of primary amides is 1. The van der Waals surface area contributed by atoms with E-state index in [2.05, 4.69) is 22.4 Å². The van der Waals surface area contributed by atoms with Crippen LogP contribution in [-0.2, 0) is 22.6 Å². The van der Waals surface area contributed by atoms with E-state index in [4.69, 9.17) is 11.5 Å². The number of benzene rings is 1. The monoisotopic (exact) mass is 467 g/mol. The number of hydrogen-bond acceptors (Lipinski definition) is 5. The van der Waals surface area contributed by atoms with Crippen molar-refractivity contribution < 1.29 is 9.59 Å². The molecule has 31 heavy (non-hydrogen) atoms. The van der Waals surface area contributed by atoms with Crippen LogP contribution >= 0.6 is 24.8 Å². The van der Waals surface area contributed by atoms with E-state index in [0.29, 0.717) is 25.3 Å². The van der Waals surface area contributed by atoms with Gasteiger partial charge in [0.25, 0.3) is 0 Å². The van der Waals surface area contributed by atoms with Gasteiger partial charge in [-0.3, -0.25) is 14.5 Å². The highest BCUT2D eigenvalue weighted by molar-refractivity contribution is 5.86. The summed E-state index contributed by atoms with van der Waals surface area (Å²) in [5, 5.41) is 2.97. The fraction of sp³-hybridized carbons (Fsp3) is 0.409. The molecule has 2 unspecified atom stereocenters. The number of pyridine rings is 1. The number of halogens is 2. The molecule has 2 amide bonds. The van der Waals surface area contributed by atoms with E-state index in [-0.39, 0.29) is 42.5 Å². The van der Waals surface area contributed by atoms with Gasteiger partial charge in [-0.2, -0.15) is 0 Å². The Labute approximate surface area is 195 Å². The van der Waals surface area contributed by atoms with Crippen molar-refractivity contribution in [2.45, 2.75) is 51.2 Å². The second-order valence-corrected chi connectivity index (χ2v) is 7.55. The van der Waals surface area contributed by atoms with E-state index < -0.39 is 12.1 Å². The molecule has 1 aromatic carbocycles. The summed E-state index contributed by atoms with van der Waals surface area (Å²) in [5.74, 6) is 0.124. The number of nitrogens with two attached hydrogens (primary N) is 2. The molecule has 0 aliphatic carbocycles. The number of anilines is 1. The molecule has 7 nitrogen and oxygen atoms in total. The Bertz CT molecular complexity index is 881. The second-order valence-electron chi connectivity index (χ2n) is 7.55. The summed E-state index contributed by atoms with van der Waals surface area (Å²) in [7, 11) is 0. The van der Waals surface area contributed by atoms with Crippen molar-refractivity contribution in [1.29, 1.82) is 0 Å². The van der Waals surface area contributed by atoms with Crippen molar-refractivity contribution in [1.82, 2.24) is 15.2 Å². The van der Waals surface area contributed by atoms with E-state index in [1.165, 1.54) is 0 Å². The number of carbonyl (C=O) groups excluding carboxylic acids is 2. The van der Waals surface area contributed by atoms with Gasteiger partial charge >= 0.3 is 0 Å². The van der Waals surface area contributed by atoms with Crippen LogP contribution in [0.25, 0.3) is 0 Å². The molecule has 2 heterocycles. The zero-order valence-corrected chi connectivity index (χ0v) is 19.4. The average molecular weight is 468 g/mol. The normalized spacial score (nSPS) is 19.0. The summed E-state index contributed by atoms with van der Waals surface area (Å²) in [6.45, 7) is 4.81. The quantitative estimate of drug-likeness (QED) is 0.578.